The highest BCUT2D eigenvalue weighted by atomic mass is 35.5. The first-order valence-corrected chi connectivity index (χ1v) is 7.82. The Morgan fingerprint density at radius 3 is 2.77 bits per heavy atom. The number of carbonyl (C=O) groups excluding carboxylic acids is 2. The van der Waals surface area contributed by atoms with Gasteiger partial charge in [0.05, 0.1) is 6.26 Å². The molecule has 9 nitrogen and oxygen atoms in total. The highest BCUT2D eigenvalue weighted by molar-refractivity contribution is 5.99. The standard InChI is InChI=1S/C16H18N6O3.ClH/c17-5-1-2-6-19-16(24)11-8-10(12-4-3-7-25-12)21-15-13(14(18)23)20-9-22(11)15;/h3-4,7-9H,1-2,5-6,17H2,(H2,18,23)(H,19,24);1H. The van der Waals surface area contributed by atoms with Crippen molar-refractivity contribution in [2.24, 2.45) is 11.5 Å². The fraction of sp³-hybridized carbons (Fsp3) is 0.250. The molecule has 0 aromatic carbocycles. The van der Waals surface area contributed by atoms with Crippen molar-refractivity contribution in [3.63, 3.8) is 0 Å². The van der Waals surface area contributed by atoms with Gasteiger partial charge in [-0.1, -0.05) is 0 Å². The minimum atomic E-state index is -0.721. The van der Waals surface area contributed by atoms with E-state index in [4.69, 9.17) is 15.9 Å². The normalized spacial score (nSPS) is 10.5. The maximum atomic E-state index is 12.6. The molecule has 0 bridgehead atoms. The van der Waals surface area contributed by atoms with Gasteiger partial charge in [-0.25, -0.2) is 9.97 Å². The van der Waals surface area contributed by atoms with Crippen molar-refractivity contribution in [2.45, 2.75) is 12.8 Å². The SMILES string of the molecule is Cl.NCCCCNC(=O)c1cc(-c2ccco2)nc2c(C(N)=O)ncn12. The van der Waals surface area contributed by atoms with Crippen molar-refractivity contribution in [2.75, 3.05) is 13.1 Å². The molecule has 3 aromatic heterocycles. The average molecular weight is 379 g/mol. The van der Waals surface area contributed by atoms with Crippen LogP contribution >= 0.6 is 12.4 Å². The summed E-state index contributed by atoms with van der Waals surface area (Å²) in [5.74, 6) is -0.567. The van der Waals surface area contributed by atoms with Crippen molar-refractivity contribution < 1.29 is 14.0 Å². The summed E-state index contributed by atoms with van der Waals surface area (Å²) < 4.78 is 6.77. The lowest BCUT2D eigenvalue weighted by Gasteiger charge is -2.09. The number of amides is 2. The minimum Gasteiger partial charge on any atom is -0.463 e. The maximum absolute atomic E-state index is 12.6. The number of nitrogens with zero attached hydrogens (tertiary/aromatic N) is 3. The molecule has 138 valence electrons. The third-order valence-electron chi connectivity index (χ3n) is 3.66. The van der Waals surface area contributed by atoms with Crippen LogP contribution in [0.4, 0.5) is 0 Å². The van der Waals surface area contributed by atoms with E-state index in [2.05, 4.69) is 15.3 Å². The molecule has 2 amide bonds. The summed E-state index contributed by atoms with van der Waals surface area (Å²) in [6, 6.07) is 5.00. The van der Waals surface area contributed by atoms with E-state index in [1.807, 2.05) is 0 Å². The molecule has 3 rings (SSSR count). The second-order valence-corrected chi connectivity index (χ2v) is 5.41. The number of fused-ring (bicyclic) bond motifs is 1. The highest BCUT2D eigenvalue weighted by Crippen LogP contribution is 2.21. The quantitative estimate of drug-likeness (QED) is 0.523. The van der Waals surface area contributed by atoms with Crippen LogP contribution in [-0.2, 0) is 0 Å². The van der Waals surface area contributed by atoms with Gasteiger partial charge in [-0.05, 0) is 37.6 Å². The number of hydrogen-bond acceptors (Lipinski definition) is 6. The zero-order valence-corrected chi connectivity index (χ0v) is 14.7. The number of hydrogen-bond donors (Lipinski definition) is 3. The molecule has 0 saturated carbocycles. The zero-order valence-electron chi connectivity index (χ0n) is 13.8. The predicted octanol–water partition coefficient (Wildman–Crippen LogP) is 0.979. The Morgan fingerprint density at radius 2 is 2.12 bits per heavy atom. The summed E-state index contributed by atoms with van der Waals surface area (Å²) in [6.07, 6.45) is 4.45. The van der Waals surface area contributed by atoms with Crippen molar-refractivity contribution in [1.29, 1.82) is 0 Å². The number of furan rings is 1. The number of halogens is 1. The van der Waals surface area contributed by atoms with E-state index < -0.39 is 5.91 Å². The Bertz CT molecular complexity index is 906. The molecule has 0 unspecified atom stereocenters. The van der Waals surface area contributed by atoms with Gasteiger partial charge in [0.25, 0.3) is 11.8 Å². The van der Waals surface area contributed by atoms with E-state index in [1.54, 1.807) is 18.2 Å². The van der Waals surface area contributed by atoms with Crippen molar-refractivity contribution in [3.05, 3.63) is 42.2 Å². The van der Waals surface area contributed by atoms with Crippen LogP contribution in [0.15, 0.2) is 35.2 Å². The van der Waals surface area contributed by atoms with Gasteiger partial charge >= 0.3 is 0 Å². The molecular weight excluding hydrogens is 360 g/mol. The van der Waals surface area contributed by atoms with Gasteiger partial charge in [-0.3, -0.25) is 14.0 Å². The number of unbranched alkanes of at least 4 members (excludes halogenated alkanes) is 1. The van der Waals surface area contributed by atoms with Crippen LogP contribution < -0.4 is 16.8 Å². The largest absolute Gasteiger partial charge is 0.463 e. The number of rotatable bonds is 7. The molecule has 0 aliphatic carbocycles. The summed E-state index contributed by atoms with van der Waals surface area (Å²) in [6.45, 7) is 1.06. The second-order valence-electron chi connectivity index (χ2n) is 5.41. The third kappa shape index (κ3) is 3.84. The first-order chi connectivity index (χ1) is 12.1. The molecule has 26 heavy (non-hydrogen) atoms. The number of carbonyl (C=O) groups is 2. The monoisotopic (exact) mass is 378 g/mol. The molecule has 0 atom stereocenters. The summed E-state index contributed by atoms with van der Waals surface area (Å²) in [7, 11) is 0. The molecule has 0 spiro atoms. The number of aromatic nitrogens is 3. The molecule has 3 aromatic rings. The summed E-state index contributed by atoms with van der Waals surface area (Å²) >= 11 is 0. The van der Waals surface area contributed by atoms with Crippen LogP contribution in [0.3, 0.4) is 0 Å². The molecule has 0 fully saturated rings. The smallest absolute Gasteiger partial charge is 0.271 e. The van der Waals surface area contributed by atoms with Gasteiger partial charge in [-0.2, -0.15) is 0 Å². The van der Waals surface area contributed by atoms with E-state index in [0.717, 1.165) is 12.8 Å². The first-order valence-electron chi connectivity index (χ1n) is 7.82. The third-order valence-corrected chi connectivity index (χ3v) is 3.66. The topological polar surface area (TPSA) is 142 Å². The Morgan fingerprint density at radius 1 is 1.31 bits per heavy atom. The van der Waals surface area contributed by atoms with Crippen molar-refractivity contribution >= 4 is 29.9 Å². The number of primary amides is 1. The predicted molar refractivity (Wildman–Crippen MR) is 97.1 cm³/mol. The van der Waals surface area contributed by atoms with Crippen LogP contribution in [0, 0.1) is 0 Å². The fourth-order valence-corrected chi connectivity index (χ4v) is 2.43. The number of nitrogens with two attached hydrogens (primary N) is 2. The molecule has 3 heterocycles. The fourth-order valence-electron chi connectivity index (χ4n) is 2.43. The molecule has 0 aliphatic heterocycles. The van der Waals surface area contributed by atoms with Gasteiger partial charge in [0.1, 0.15) is 17.7 Å². The van der Waals surface area contributed by atoms with E-state index in [-0.39, 0.29) is 35.3 Å². The van der Waals surface area contributed by atoms with Gasteiger partial charge in [0.15, 0.2) is 17.1 Å². The Labute approximate surface area is 155 Å². The molecule has 0 saturated heterocycles. The van der Waals surface area contributed by atoms with Crippen LogP contribution in [0.2, 0.25) is 0 Å². The molecule has 10 heteroatoms. The molecule has 0 radical (unpaired) electrons. The van der Waals surface area contributed by atoms with Gasteiger partial charge in [0.2, 0.25) is 0 Å². The molecule has 0 aliphatic rings. The van der Waals surface area contributed by atoms with Crippen molar-refractivity contribution in [1.82, 2.24) is 19.7 Å². The molecular formula is C16H19ClN6O3. The molecule has 5 N–H and O–H groups in total. The van der Waals surface area contributed by atoms with E-state index in [9.17, 15) is 9.59 Å². The van der Waals surface area contributed by atoms with Crippen LogP contribution in [0.25, 0.3) is 17.1 Å². The van der Waals surface area contributed by atoms with E-state index in [1.165, 1.54) is 17.0 Å². The highest BCUT2D eigenvalue weighted by Gasteiger charge is 2.20. The number of imidazole rings is 1. The summed E-state index contributed by atoms with van der Waals surface area (Å²) in [4.78, 5) is 32.5. The summed E-state index contributed by atoms with van der Waals surface area (Å²) in [5, 5.41) is 2.82. The van der Waals surface area contributed by atoms with Crippen LogP contribution in [-0.4, -0.2) is 39.3 Å². The Hall–Kier alpha value is -2.91. The lowest BCUT2D eigenvalue weighted by Crippen LogP contribution is -2.27. The average Bonchev–Trinajstić information content (AvgIpc) is 3.26. The lowest BCUT2D eigenvalue weighted by atomic mass is 10.2. The van der Waals surface area contributed by atoms with E-state index in [0.29, 0.717) is 24.5 Å². The second kappa shape index (κ2) is 8.45. The zero-order chi connectivity index (χ0) is 17.8. The summed E-state index contributed by atoms with van der Waals surface area (Å²) in [5.41, 5.74) is 11.7. The van der Waals surface area contributed by atoms with Crippen LogP contribution in [0.5, 0.6) is 0 Å². The Kier molecular flexibility index (Phi) is 6.31. The minimum absolute atomic E-state index is 0. The van der Waals surface area contributed by atoms with E-state index >= 15 is 0 Å². The Balaban J connectivity index is 0.00000243. The lowest BCUT2D eigenvalue weighted by molar-refractivity contribution is 0.0945. The van der Waals surface area contributed by atoms with Gasteiger partial charge in [0, 0.05) is 6.54 Å². The first kappa shape index (κ1) is 19.4. The van der Waals surface area contributed by atoms with Crippen molar-refractivity contribution in [3.8, 4) is 11.5 Å². The maximum Gasteiger partial charge on any atom is 0.271 e. The number of nitrogens with one attached hydrogen (secondary N) is 1. The van der Waals surface area contributed by atoms with Gasteiger partial charge in [-0.15, -0.1) is 12.4 Å². The van der Waals surface area contributed by atoms with Crippen LogP contribution in [0.1, 0.15) is 33.8 Å². The van der Waals surface area contributed by atoms with Gasteiger partial charge < -0.3 is 21.2 Å².